The number of rotatable bonds is 3. The molecule has 8 nitrogen and oxygen atoms in total. The molecule has 26 heavy (non-hydrogen) atoms. The molecule has 2 aliphatic rings. The van der Waals surface area contributed by atoms with Crippen LogP contribution in [0.1, 0.15) is 25.0 Å². The van der Waals surface area contributed by atoms with Crippen molar-refractivity contribution in [1.29, 1.82) is 0 Å². The molecule has 0 N–H and O–H groups in total. The molecule has 0 saturated carbocycles. The molecule has 1 spiro atoms. The lowest BCUT2D eigenvalue weighted by molar-refractivity contribution is -0.138. The van der Waals surface area contributed by atoms with Gasteiger partial charge in [0.05, 0.1) is 29.4 Å². The first-order valence-electron chi connectivity index (χ1n) is 9.04. The Bertz CT molecular complexity index is 840. The third kappa shape index (κ3) is 2.89. The monoisotopic (exact) mass is 356 g/mol. The lowest BCUT2D eigenvalue weighted by Gasteiger charge is -2.39. The van der Waals surface area contributed by atoms with Crippen molar-refractivity contribution < 1.29 is 9.59 Å². The lowest BCUT2D eigenvalue weighted by Crippen LogP contribution is -2.50. The minimum atomic E-state index is -0.451. The van der Waals surface area contributed by atoms with Gasteiger partial charge in [0.2, 0.25) is 11.8 Å². The third-order valence-electron chi connectivity index (χ3n) is 5.55. The standard InChI is InChI=1S/C18H24N6O2/c1-21-8-4-14(20-21)10-16(25)23-7-3-5-18(13-23)6-9-24(17(18)26)15-11-19-22(2)12-15/h4,8,11-12H,3,5-7,9-10,13H2,1-2H3/t18-/m0/s1. The van der Waals surface area contributed by atoms with Crippen LogP contribution in [0.5, 0.6) is 0 Å². The van der Waals surface area contributed by atoms with E-state index in [9.17, 15) is 9.59 Å². The third-order valence-corrected chi connectivity index (χ3v) is 5.55. The number of hydrogen-bond acceptors (Lipinski definition) is 4. The normalized spacial score (nSPS) is 23.2. The van der Waals surface area contributed by atoms with E-state index in [4.69, 9.17) is 0 Å². The van der Waals surface area contributed by atoms with Gasteiger partial charge in [0.1, 0.15) is 0 Å². The van der Waals surface area contributed by atoms with Gasteiger partial charge in [-0.15, -0.1) is 0 Å². The Hall–Kier alpha value is -2.64. The summed E-state index contributed by atoms with van der Waals surface area (Å²) in [5.74, 6) is 0.177. The number of piperidine rings is 1. The van der Waals surface area contributed by atoms with Crippen LogP contribution < -0.4 is 4.90 Å². The smallest absolute Gasteiger partial charge is 0.235 e. The fourth-order valence-electron chi connectivity index (χ4n) is 4.16. The number of aryl methyl sites for hydroxylation is 2. The van der Waals surface area contributed by atoms with E-state index in [-0.39, 0.29) is 18.2 Å². The summed E-state index contributed by atoms with van der Waals surface area (Å²) >= 11 is 0. The van der Waals surface area contributed by atoms with E-state index >= 15 is 0 Å². The van der Waals surface area contributed by atoms with Crippen LogP contribution in [0.25, 0.3) is 0 Å². The highest BCUT2D eigenvalue weighted by Gasteiger charge is 2.50. The maximum Gasteiger partial charge on any atom is 0.235 e. The lowest BCUT2D eigenvalue weighted by atomic mass is 9.78. The first kappa shape index (κ1) is 16.8. The Morgan fingerprint density at radius 1 is 1.23 bits per heavy atom. The molecule has 138 valence electrons. The molecule has 0 aliphatic carbocycles. The van der Waals surface area contributed by atoms with Crippen LogP contribution >= 0.6 is 0 Å². The molecule has 1 atom stereocenters. The highest BCUT2D eigenvalue weighted by molar-refractivity contribution is 6.00. The zero-order chi connectivity index (χ0) is 18.3. The fourth-order valence-corrected chi connectivity index (χ4v) is 4.16. The fraction of sp³-hybridized carbons (Fsp3) is 0.556. The van der Waals surface area contributed by atoms with Crippen LogP contribution in [-0.2, 0) is 30.1 Å². The van der Waals surface area contributed by atoms with Crippen molar-refractivity contribution in [2.24, 2.45) is 19.5 Å². The van der Waals surface area contributed by atoms with Crippen LogP contribution in [0.2, 0.25) is 0 Å². The Morgan fingerprint density at radius 2 is 2.08 bits per heavy atom. The van der Waals surface area contributed by atoms with Crippen molar-refractivity contribution in [2.75, 3.05) is 24.5 Å². The van der Waals surface area contributed by atoms with E-state index in [0.717, 1.165) is 30.6 Å². The average Bonchev–Trinajstić information content (AvgIpc) is 3.30. The first-order valence-corrected chi connectivity index (χ1v) is 9.04. The number of likely N-dealkylation sites (tertiary alicyclic amines) is 1. The molecule has 2 saturated heterocycles. The van der Waals surface area contributed by atoms with E-state index in [1.165, 1.54) is 0 Å². The number of aromatic nitrogens is 4. The van der Waals surface area contributed by atoms with E-state index in [0.29, 0.717) is 19.6 Å². The van der Waals surface area contributed by atoms with Gasteiger partial charge in [-0.2, -0.15) is 10.2 Å². The summed E-state index contributed by atoms with van der Waals surface area (Å²) in [5, 5.41) is 8.46. The molecule has 0 radical (unpaired) electrons. The largest absolute Gasteiger partial charge is 0.341 e. The van der Waals surface area contributed by atoms with Gasteiger partial charge in [-0.25, -0.2) is 0 Å². The molecular formula is C18H24N6O2. The zero-order valence-electron chi connectivity index (χ0n) is 15.3. The van der Waals surface area contributed by atoms with Crippen molar-refractivity contribution in [3.63, 3.8) is 0 Å². The molecule has 0 unspecified atom stereocenters. The predicted molar refractivity (Wildman–Crippen MR) is 95.3 cm³/mol. The summed E-state index contributed by atoms with van der Waals surface area (Å²) in [6, 6.07) is 1.86. The first-order chi connectivity index (χ1) is 12.5. The predicted octanol–water partition coefficient (Wildman–Crippen LogP) is 0.742. The van der Waals surface area contributed by atoms with Gasteiger partial charge in [-0.05, 0) is 25.3 Å². The van der Waals surface area contributed by atoms with Gasteiger partial charge in [-0.1, -0.05) is 0 Å². The summed E-state index contributed by atoms with van der Waals surface area (Å²) in [6.45, 7) is 1.91. The number of amides is 2. The van der Waals surface area contributed by atoms with Crippen LogP contribution in [0, 0.1) is 5.41 Å². The molecule has 4 heterocycles. The van der Waals surface area contributed by atoms with E-state index in [1.54, 1.807) is 15.6 Å². The van der Waals surface area contributed by atoms with Gasteiger partial charge >= 0.3 is 0 Å². The van der Waals surface area contributed by atoms with E-state index < -0.39 is 5.41 Å². The van der Waals surface area contributed by atoms with Crippen molar-refractivity contribution in [2.45, 2.75) is 25.7 Å². The molecule has 2 aromatic heterocycles. The summed E-state index contributed by atoms with van der Waals surface area (Å²) in [6.07, 6.45) is 8.21. The minimum absolute atomic E-state index is 0.0513. The van der Waals surface area contributed by atoms with Gasteiger partial charge in [-0.3, -0.25) is 19.0 Å². The van der Waals surface area contributed by atoms with Crippen LogP contribution in [-0.4, -0.2) is 55.9 Å². The SMILES string of the molecule is Cn1cc(N2CC[C@]3(CCCN(C(=O)Cc4ccn(C)n4)C3)C2=O)cn1. The molecule has 2 aromatic rings. The second-order valence-corrected chi connectivity index (χ2v) is 7.44. The van der Waals surface area contributed by atoms with E-state index in [2.05, 4.69) is 10.2 Å². The molecule has 8 heteroatoms. The summed E-state index contributed by atoms with van der Waals surface area (Å²) in [5.41, 5.74) is 1.16. The van der Waals surface area contributed by atoms with Gasteiger partial charge in [0, 0.05) is 46.1 Å². The Labute approximate surface area is 152 Å². The topological polar surface area (TPSA) is 76.3 Å². The maximum absolute atomic E-state index is 13.2. The summed E-state index contributed by atoms with van der Waals surface area (Å²) < 4.78 is 3.41. The maximum atomic E-state index is 13.2. The van der Waals surface area contributed by atoms with E-state index in [1.807, 2.05) is 42.4 Å². The van der Waals surface area contributed by atoms with Crippen molar-refractivity contribution >= 4 is 17.5 Å². The van der Waals surface area contributed by atoms with Gasteiger partial charge < -0.3 is 9.80 Å². The molecule has 2 fully saturated rings. The van der Waals surface area contributed by atoms with Crippen molar-refractivity contribution in [3.05, 3.63) is 30.4 Å². The Morgan fingerprint density at radius 3 is 2.77 bits per heavy atom. The number of carbonyl (C=O) groups is 2. The molecule has 2 aliphatic heterocycles. The Kier molecular flexibility index (Phi) is 4.05. The highest BCUT2D eigenvalue weighted by Crippen LogP contribution is 2.41. The molecule has 0 aromatic carbocycles. The zero-order valence-corrected chi connectivity index (χ0v) is 15.3. The number of anilines is 1. The van der Waals surface area contributed by atoms with Gasteiger partial charge in [0.15, 0.2) is 0 Å². The second-order valence-electron chi connectivity index (χ2n) is 7.44. The number of nitrogens with zero attached hydrogens (tertiary/aromatic N) is 6. The van der Waals surface area contributed by atoms with Crippen molar-refractivity contribution in [3.8, 4) is 0 Å². The number of carbonyl (C=O) groups excluding carboxylic acids is 2. The van der Waals surface area contributed by atoms with Crippen LogP contribution in [0.3, 0.4) is 0 Å². The second kappa shape index (κ2) is 6.26. The van der Waals surface area contributed by atoms with Crippen LogP contribution in [0.4, 0.5) is 5.69 Å². The highest BCUT2D eigenvalue weighted by atomic mass is 16.2. The van der Waals surface area contributed by atoms with Gasteiger partial charge in [0.25, 0.3) is 0 Å². The Balaban J connectivity index is 1.47. The molecular weight excluding hydrogens is 332 g/mol. The average molecular weight is 356 g/mol. The van der Waals surface area contributed by atoms with Crippen LogP contribution in [0.15, 0.2) is 24.7 Å². The molecule has 2 amide bonds. The summed E-state index contributed by atoms with van der Waals surface area (Å²) in [4.78, 5) is 29.5. The molecule has 0 bridgehead atoms. The summed E-state index contributed by atoms with van der Waals surface area (Å²) in [7, 11) is 3.69. The quantitative estimate of drug-likeness (QED) is 0.813. The van der Waals surface area contributed by atoms with Crippen molar-refractivity contribution in [1.82, 2.24) is 24.5 Å². The minimum Gasteiger partial charge on any atom is -0.341 e. The molecule has 4 rings (SSSR count). The number of hydrogen-bond donors (Lipinski definition) is 0.